The average Bonchev–Trinajstić information content (AvgIpc) is 3.28. The van der Waals surface area contributed by atoms with E-state index in [-0.39, 0.29) is 36.2 Å². The second kappa shape index (κ2) is 13.0. The van der Waals surface area contributed by atoms with Crippen LogP contribution in [0.1, 0.15) is 43.4 Å². The Kier molecular flexibility index (Phi) is 9.19. The van der Waals surface area contributed by atoms with E-state index in [0.29, 0.717) is 52.0 Å². The first-order chi connectivity index (χ1) is 19.8. The van der Waals surface area contributed by atoms with Crippen LogP contribution in [0.4, 0.5) is 5.69 Å². The van der Waals surface area contributed by atoms with Crippen LogP contribution in [0.15, 0.2) is 48.7 Å². The summed E-state index contributed by atoms with van der Waals surface area (Å²) in [4.78, 5) is 42.5. The van der Waals surface area contributed by atoms with E-state index in [2.05, 4.69) is 38.1 Å². The number of benzene rings is 1. The van der Waals surface area contributed by atoms with Crippen LogP contribution < -0.4 is 16.0 Å². The molecule has 5 rings (SSSR count). The van der Waals surface area contributed by atoms with E-state index in [0.717, 1.165) is 29.8 Å². The smallest absolute Gasteiger partial charge is 0.243 e. The van der Waals surface area contributed by atoms with Gasteiger partial charge in [-0.3, -0.25) is 24.0 Å². The number of nitrogens with zero attached hydrogens (tertiary/aromatic N) is 3. The predicted molar refractivity (Wildman–Crippen MR) is 156 cm³/mol. The number of ether oxygens (including phenoxy) is 1. The van der Waals surface area contributed by atoms with Crippen molar-refractivity contribution in [3.63, 3.8) is 0 Å². The molecule has 1 aromatic carbocycles. The van der Waals surface area contributed by atoms with Gasteiger partial charge in [0, 0.05) is 52.0 Å². The van der Waals surface area contributed by atoms with Gasteiger partial charge < -0.3 is 20.7 Å². The standard InChI is InChI=1S/C31H42N6O4/c1-22-27(20-36(2)35-22)32-28(38)21-37-15-11-25-24(19-37)10-6-7-12-31(13-16-41-17-14-31)30(40)34-26(29(39)33-25)18-23-8-4-3-5-9-23/h3-9,20,24-26H,10-19,21H2,1-2H3,(H,32,38)(H,33,39)(H,34,40)/t24-,25+,26-/m0/s1. The number of fused-ring (bicyclic) bond motifs is 1. The molecular weight excluding hydrogens is 520 g/mol. The molecule has 0 unspecified atom stereocenters. The second-order valence-corrected chi connectivity index (χ2v) is 11.8. The summed E-state index contributed by atoms with van der Waals surface area (Å²) >= 11 is 0. The molecule has 3 amide bonds. The molecule has 1 spiro atoms. The largest absolute Gasteiger partial charge is 0.381 e. The maximum atomic E-state index is 13.7. The number of piperidine rings is 1. The molecule has 10 heteroatoms. The number of hydrogen-bond donors (Lipinski definition) is 3. The predicted octanol–water partition coefficient (Wildman–Crippen LogP) is 2.35. The van der Waals surface area contributed by atoms with Crippen LogP contribution in [0.5, 0.6) is 0 Å². The number of anilines is 1. The molecule has 2 saturated heterocycles. The minimum Gasteiger partial charge on any atom is -0.381 e. The van der Waals surface area contributed by atoms with E-state index in [1.165, 1.54) is 0 Å². The number of carbonyl (C=O) groups excluding carboxylic acids is 3. The van der Waals surface area contributed by atoms with Crippen molar-refractivity contribution in [3.05, 3.63) is 59.9 Å². The third-order valence-electron chi connectivity index (χ3n) is 8.75. The molecule has 2 fully saturated rings. The molecule has 3 aliphatic heterocycles. The first-order valence-corrected chi connectivity index (χ1v) is 14.7. The average molecular weight is 563 g/mol. The molecule has 0 radical (unpaired) electrons. The Balaban J connectivity index is 1.32. The Hall–Kier alpha value is -3.50. The highest BCUT2D eigenvalue weighted by molar-refractivity contribution is 5.92. The zero-order valence-corrected chi connectivity index (χ0v) is 24.1. The summed E-state index contributed by atoms with van der Waals surface area (Å²) in [6, 6.07) is 9.12. The van der Waals surface area contributed by atoms with Gasteiger partial charge in [0.1, 0.15) is 6.04 Å². The number of allylic oxidation sites excluding steroid dienone is 2. The van der Waals surface area contributed by atoms with Crippen molar-refractivity contribution in [2.45, 2.75) is 57.5 Å². The molecule has 3 aliphatic rings. The van der Waals surface area contributed by atoms with E-state index in [9.17, 15) is 14.4 Å². The van der Waals surface area contributed by atoms with E-state index in [1.807, 2.05) is 50.5 Å². The van der Waals surface area contributed by atoms with Crippen LogP contribution in [0.25, 0.3) is 0 Å². The summed E-state index contributed by atoms with van der Waals surface area (Å²) in [5, 5.41) is 13.7. The minimum atomic E-state index is -0.666. The number of aromatic nitrogens is 2. The number of likely N-dealkylation sites (tertiary alicyclic amines) is 1. The van der Waals surface area contributed by atoms with Crippen LogP contribution in [-0.4, -0.2) is 77.3 Å². The molecule has 2 aromatic rings. The minimum absolute atomic E-state index is 0.0429. The molecule has 0 saturated carbocycles. The fourth-order valence-electron chi connectivity index (χ4n) is 6.31. The first kappa shape index (κ1) is 29.0. The van der Waals surface area contributed by atoms with Gasteiger partial charge in [0.05, 0.1) is 23.3 Å². The molecule has 4 heterocycles. The van der Waals surface area contributed by atoms with E-state index >= 15 is 0 Å². The Morgan fingerprint density at radius 3 is 2.66 bits per heavy atom. The number of hydrogen-bond acceptors (Lipinski definition) is 6. The van der Waals surface area contributed by atoms with Gasteiger partial charge in [0.15, 0.2) is 0 Å². The summed E-state index contributed by atoms with van der Waals surface area (Å²) in [7, 11) is 1.83. The monoisotopic (exact) mass is 562 g/mol. The van der Waals surface area contributed by atoms with Crippen molar-refractivity contribution < 1.29 is 19.1 Å². The Labute approximate surface area is 241 Å². The summed E-state index contributed by atoms with van der Waals surface area (Å²) in [5.41, 5.74) is 1.93. The van der Waals surface area contributed by atoms with Crippen molar-refractivity contribution in [2.24, 2.45) is 18.4 Å². The van der Waals surface area contributed by atoms with Crippen LogP contribution in [0.2, 0.25) is 0 Å². The Bertz CT molecular complexity index is 1250. The molecule has 0 aliphatic carbocycles. The lowest BCUT2D eigenvalue weighted by Gasteiger charge is -2.40. The van der Waals surface area contributed by atoms with Crippen molar-refractivity contribution >= 4 is 23.4 Å². The highest BCUT2D eigenvalue weighted by Gasteiger charge is 2.41. The highest BCUT2D eigenvalue weighted by atomic mass is 16.5. The lowest BCUT2D eigenvalue weighted by atomic mass is 9.75. The fraction of sp³-hybridized carbons (Fsp3) is 0.548. The maximum absolute atomic E-state index is 13.7. The van der Waals surface area contributed by atoms with Crippen molar-refractivity contribution in [2.75, 3.05) is 38.2 Å². The normalized spacial score (nSPS) is 25.4. The first-order valence-electron chi connectivity index (χ1n) is 14.7. The number of nitrogens with one attached hydrogen (secondary N) is 3. The highest BCUT2D eigenvalue weighted by Crippen LogP contribution is 2.36. The SMILES string of the molecule is Cc1nn(C)cc1NC(=O)CN1CC[C@H]2NC(=O)[C@H](Cc3ccccc3)NC(=O)C3(CC=CC[C@H]2C1)CCOCC3. The van der Waals surface area contributed by atoms with Gasteiger partial charge in [0.25, 0.3) is 0 Å². The molecule has 10 nitrogen and oxygen atoms in total. The molecule has 1 aromatic heterocycles. The number of rotatable bonds is 5. The van der Waals surface area contributed by atoms with Gasteiger partial charge in [0.2, 0.25) is 17.7 Å². The molecule has 220 valence electrons. The van der Waals surface area contributed by atoms with Gasteiger partial charge in [-0.05, 0) is 50.5 Å². The van der Waals surface area contributed by atoms with Crippen LogP contribution in [0, 0.1) is 18.3 Å². The van der Waals surface area contributed by atoms with Gasteiger partial charge >= 0.3 is 0 Å². The van der Waals surface area contributed by atoms with E-state index in [4.69, 9.17) is 4.74 Å². The maximum Gasteiger partial charge on any atom is 0.243 e. The van der Waals surface area contributed by atoms with Crippen LogP contribution in [0.3, 0.4) is 0 Å². The zero-order valence-electron chi connectivity index (χ0n) is 24.1. The van der Waals surface area contributed by atoms with Gasteiger partial charge in [-0.25, -0.2) is 0 Å². The lowest BCUT2D eigenvalue weighted by molar-refractivity contribution is -0.140. The van der Waals surface area contributed by atoms with Crippen LogP contribution >= 0.6 is 0 Å². The number of aryl methyl sites for hydroxylation is 2. The third kappa shape index (κ3) is 7.23. The Morgan fingerprint density at radius 2 is 1.93 bits per heavy atom. The molecular formula is C31H42N6O4. The number of amides is 3. The topological polar surface area (TPSA) is 118 Å². The van der Waals surface area contributed by atoms with Crippen molar-refractivity contribution in [1.29, 1.82) is 0 Å². The Morgan fingerprint density at radius 1 is 1.15 bits per heavy atom. The van der Waals surface area contributed by atoms with Crippen molar-refractivity contribution in [3.8, 4) is 0 Å². The molecule has 0 bridgehead atoms. The molecule has 3 atom stereocenters. The summed E-state index contributed by atoms with van der Waals surface area (Å²) in [6.45, 7) is 4.63. The molecule has 3 N–H and O–H groups in total. The van der Waals surface area contributed by atoms with Crippen LogP contribution in [-0.2, 0) is 32.6 Å². The van der Waals surface area contributed by atoms with Gasteiger partial charge in [-0.15, -0.1) is 0 Å². The van der Waals surface area contributed by atoms with Gasteiger partial charge in [-0.1, -0.05) is 42.5 Å². The van der Waals surface area contributed by atoms with E-state index < -0.39 is 11.5 Å². The third-order valence-corrected chi connectivity index (χ3v) is 8.75. The fourth-order valence-corrected chi connectivity index (χ4v) is 6.31. The summed E-state index contributed by atoms with van der Waals surface area (Å²) in [5.74, 6) is -0.139. The number of carbonyl (C=O) groups is 3. The molecule has 41 heavy (non-hydrogen) atoms. The second-order valence-electron chi connectivity index (χ2n) is 11.8. The van der Waals surface area contributed by atoms with Crippen molar-refractivity contribution in [1.82, 2.24) is 25.3 Å². The lowest BCUT2D eigenvalue weighted by Crippen LogP contribution is -2.58. The quantitative estimate of drug-likeness (QED) is 0.482. The summed E-state index contributed by atoms with van der Waals surface area (Å²) < 4.78 is 7.28. The zero-order chi connectivity index (χ0) is 28.8. The van der Waals surface area contributed by atoms with E-state index in [1.54, 1.807) is 4.68 Å². The summed E-state index contributed by atoms with van der Waals surface area (Å²) in [6.07, 6.45) is 9.91. The van der Waals surface area contributed by atoms with Gasteiger partial charge in [-0.2, -0.15) is 5.10 Å².